The molecule has 1 heterocycles. The van der Waals surface area contributed by atoms with Crippen molar-refractivity contribution in [3.63, 3.8) is 0 Å². The number of carbonyl (C=O) groups excluding carboxylic acids is 1. The molecule has 0 aliphatic carbocycles. The number of amides is 1. The van der Waals surface area contributed by atoms with E-state index < -0.39 is 0 Å². The lowest BCUT2D eigenvalue weighted by Crippen LogP contribution is -2.17. The molecule has 3 rings (SSSR count). The molecule has 4 nitrogen and oxygen atoms in total. The first-order valence-corrected chi connectivity index (χ1v) is 7.45. The Morgan fingerprint density at radius 2 is 1.95 bits per heavy atom. The summed E-state index contributed by atoms with van der Waals surface area (Å²) in [6.45, 7) is 0. The fourth-order valence-electron chi connectivity index (χ4n) is 2.12. The second-order valence-electron chi connectivity index (χ2n) is 4.66. The van der Waals surface area contributed by atoms with Crippen molar-refractivity contribution < 1.29 is 4.79 Å². The normalized spacial score (nSPS) is 11.0. The topological polar surface area (TPSA) is 54.4 Å². The van der Waals surface area contributed by atoms with Crippen molar-refractivity contribution in [2.75, 3.05) is 0 Å². The predicted octanol–water partition coefficient (Wildman–Crippen LogP) is 3.76. The summed E-state index contributed by atoms with van der Waals surface area (Å²) < 4.78 is 0.748. The Morgan fingerprint density at radius 3 is 2.82 bits per heavy atom. The van der Waals surface area contributed by atoms with Gasteiger partial charge in [0.05, 0.1) is 11.8 Å². The molecule has 2 aromatic carbocycles. The number of nitrogens with zero attached hydrogens (tertiary/aromatic N) is 2. The molecule has 0 saturated heterocycles. The summed E-state index contributed by atoms with van der Waals surface area (Å²) in [5.41, 5.74) is 3.91. The van der Waals surface area contributed by atoms with E-state index in [4.69, 9.17) is 0 Å². The van der Waals surface area contributed by atoms with Gasteiger partial charge in [-0.25, -0.2) is 5.43 Å². The maximum Gasteiger partial charge on any atom is 0.272 e. The fraction of sp³-hybridized carbons (Fsp3) is 0. The Kier molecular flexibility index (Phi) is 4.25. The van der Waals surface area contributed by atoms with Crippen LogP contribution in [-0.4, -0.2) is 17.1 Å². The number of benzene rings is 2. The largest absolute Gasteiger partial charge is 0.272 e. The Bertz CT molecular complexity index is 856. The Hall–Kier alpha value is -2.53. The van der Waals surface area contributed by atoms with E-state index in [1.165, 1.54) is 6.20 Å². The van der Waals surface area contributed by atoms with Crippen LogP contribution in [0.5, 0.6) is 0 Å². The molecule has 0 spiro atoms. The van der Waals surface area contributed by atoms with Crippen LogP contribution in [0.4, 0.5) is 0 Å². The molecule has 3 aromatic rings. The molecular weight excluding hydrogens is 342 g/mol. The number of pyridine rings is 1. The summed E-state index contributed by atoms with van der Waals surface area (Å²) in [4.78, 5) is 15.9. The second-order valence-corrected chi connectivity index (χ2v) is 5.58. The minimum absolute atomic E-state index is 0.301. The highest BCUT2D eigenvalue weighted by Crippen LogP contribution is 2.16. The van der Waals surface area contributed by atoms with Gasteiger partial charge in [-0.05, 0) is 32.8 Å². The van der Waals surface area contributed by atoms with Gasteiger partial charge < -0.3 is 0 Å². The number of rotatable bonds is 3. The zero-order valence-corrected chi connectivity index (χ0v) is 13.1. The van der Waals surface area contributed by atoms with E-state index in [1.54, 1.807) is 18.5 Å². The smallest absolute Gasteiger partial charge is 0.267 e. The number of hydrogen-bond donors (Lipinski definition) is 1. The number of halogens is 1. The first-order valence-electron chi connectivity index (χ1n) is 6.66. The molecule has 0 unspecified atom stereocenters. The van der Waals surface area contributed by atoms with Crippen LogP contribution in [0.15, 0.2) is 70.5 Å². The van der Waals surface area contributed by atoms with Crippen LogP contribution in [0, 0.1) is 0 Å². The van der Waals surface area contributed by atoms with E-state index in [0.717, 1.165) is 20.8 Å². The lowest BCUT2D eigenvalue weighted by molar-refractivity contribution is 0.0954. The van der Waals surface area contributed by atoms with E-state index in [9.17, 15) is 4.79 Å². The highest BCUT2D eigenvalue weighted by Gasteiger charge is 2.05. The summed E-state index contributed by atoms with van der Waals surface area (Å²) in [6, 6.07) is 15.7. The highest BCUT2D eigenvalue weighted by atomic mass is 79.9. The van der Waals surface area contributed by atoms with Gasteiger partial charge >= 0.3 is 0 Å². The van der Waals surface area contributed by atoms with Crippen LogP contribution in [0.25, 0.3) is 10.8 Å². The predicted molar refractivity (Wildman–Crippen MR) is 90.9 cm³/mol. The number of fused-ring (bicyclic) bond motifs is 1. The van der Waals surface area contributed by atoms with Crippen molar-refractivity contribution >= 4 is 38.8 Å². The van der Waals surface area contributed by atoms with Crippen LogP contribution in [0.2, 0.25) is 0 Å². The third-order valence-corrected chi connectivity index (χ3v) is 3.59. The third-order valence-electron chi connectivity index (χ3n) is 3.16. The van der Waals surface area contributed by atoms with Crippen molar-refractivity contribution in [2.24, 2.45) is 5.10 Å². The monoisotopic (exact) mass is 353 g/mol. The molecule has 0 fully saturated rings. The van der Waals surface area contributed by atoms with E-state index in [2.05, 4.69) is 31.4 Å². The van der Waals surface area contributed by atoms with Crippen LogP contribution < -0.4 is 5.43 Å². The van der Waals surface area contributed by atoms with E-state index in [1.807, 2.05) is 42.5 Å². The number of hydrogen-bond acceptors (Lipinski definition) is 3. The van der Waals surface area contributed by atoms with Crippen LogP contribution >= 0.6 is 15.9 Å². The molecule has 108 valence electrons. The minimum Gasteiger partial charge on any atom is -0.267 e. The molecule has 0 atom stereocenters. The summed E-state index contributed by atoms with van der Waals surface area (Å²) >= 11 is 3.28. The number of carbonyl (C=O) groups is 1. The van der Waals surface area contributed by atoms with Crippen molar-refractivity contribution in [2.45, 2.75) is 0 Å². The maximum atomic E-state index is 12.0. The highest BCUT2D eigenvalue weighted by molar-refractivity contribution is 9.10. The van der Waals surface area contributed by atoms with Crippen molar-refractivity contribution in [3.05, 3.63) is 76.5 Å². The zero-order chi connectivity index (χ0) is 15.4. The summed E-state index contributed by atoms with van der Waals surface area (Å²) in [6.07, 6.45) is 4.76. The molecule has 0 aliphatic rings. The Balaban J connectivity index is 1.78. The fourth-order valence-corrected chi connectivity index (χ4v) is 2.49. The van der Waals surface area contributed by atoms with Crippen molar-refractivity contribution in [1.29, 1.82) is 0 Å². The summed E-state index contributed by atoms with van der Waals surface area (Å²) in [5, 5.41) is 6.25. The quantitative estimate of drug-likeness (QED) is 0.575. The van der Waals surface area contributed by atoms with E-state index in [0.29, 0.717) is 5.56 Å². The number of nitrogens with one attached hydrogen (secondary N) is 1. The molecule has 1 N–H and O–H groups in total. The molecule has 22 heavy (non-hydrogen) atoms. The maximum absolute atomic E-state index is 12.0. The second kappa shape index (κ2) is 6.49. The molecule has 0 bridgehead atoms. The average Bonchev–Trinajstić information content (AvgIpc) is 2.55. The van der Waals surface area contributed by atoms with Gasteiger partial charge in [-0.3, -0.25) is 9.78 Å². The molecule has 0 saturated carbocycles. The van der Waals surface area contributed by atoms with Gasteiger partial charge in [0.2, 0.25) is 0 Å². The van der Waals surface area contributed by atoms with Gasteiger partial charge in [-0.15, -0.1) is 0 Å². The van der Waals surface area contributed by atoms with E-state index >= 15 is 0 Å². The zero-order valence-electron chi connectivity index (χ0n) is 11.5. The van der Waals surface area contributed by atoms with Crippen molar-refractivity contribution in [1.82, 2.24) is 10.4 Å². The minimum atomic E-state index is -0.301. The standard InChI is InChI=1S/C17H12BrN3O/c18-15-8-14(9-19-11-15)17(22)21-20-10-13-6-3-5-12-4-1-2-7-16(12)13/h1-11H,(H,21,22). The Labute approximate surface area is 136 Å². The lowest BCUT2D eigenvalue weighted by Gasteiger charge is -2.02. The van der Waals surface area contributed by atoms with Gasteiger partial charge in [-0.1, -0.05) is 42.5 Å². The molecule has 5 heteroatoms. The van der Waals surface area contributed by atoms with Gasteiger partial charge in [0.25, 0.3) is 5.91 Å². The first kappa shape index (κ1) is 14.4. The molecule has 0 radical (unpaired) electrons. The lowest BCUT2D eigenvalue weighted by atomic mass is 10.1. The molecule has 1 amide bonds. The molecule has 0 aliphatic heterocycles. The number of aromatic nitrogens is 1. The summed E-state index contributed by atoms with van der Waals surface area (Å²) in [7, 11) is 0. The summed E-state index contributed by atoms with van der Waals surface area (Å²) in [5.74, 6) is -0.301. The van der Waals surface area contributed by atoms with Crippen LogP contribution in [0.1, 0.15) is 15.9 Å². The molecule has 1 aromatic heterocycles. The third kappa shape index (κ3) is 3.20. The van der Waals surface area contributed by atoms with Crippen LogP contribution in [-0.2, 0) is 0 Å². The Morgan fingerprint density at radius 1 is 1.14 bits per heavy atom. The average molecular weight is 354 g/mol. The first-order chi connectivity index (χ1) is 10.7. The SMILES string of the molecule is O=C(NN=Cc1cccc2ccccc12)c1cncc(Br)c1. The number of hydrazone groups is 1. The van der Waals surface area contributed by atoms with Gasteiger partial charge in [0.15, 0.2) is 0 Å². The van der Waals surface area contributed by atoms with Gasteiger partial charge in [0, 0.05) is 22.4 Å². The van der Waals surface area contributed by atoms with Crippen LogP contribution in [0.3, 0.4) is 0 Å². The van der Waals surface area contributed by atoms with E-state index in [-0.39, 0.29) is 5.91 Å². The molecular formula is C17H12BrN3O. The van der Waals surface area contributed by atoms with Crippen molar-refractivity contribution in [3.8, 4) is 0 Å². The van der Waals surface area contributed by atoms with Gasteiger partial charge in [-0.2, -0.15) is 5.10 Å². The van der Waals surface area contributed by atoms with Gasteiger partial charge in [0.1, 0.15) is 0 Å².